The fourth-order valence-electron chi connectivity index (χ4n) is 2.78. The van der Waals surface area contributed by atoms with Gasteiger partial charge < -0.3 is 15.0 Å². The Morgan fingerprint density at radius 1 is 1.23 bits per heavy atom. The zero-order chi connectivity index (χ0) is 18.7. The number of nitrogens with one attached hydrogen (secondary N) is 1. The topological polar surface area (TPSA) is 95.1 Å². The van der Waals surface area contributed by atoms with Gasteiger partial charge in [-0.05, 0) is 24.3 Å². The van der Waals surface area contributed by atoms with Crippen LogP contribution in [0.25, 0.3) is 10.9 Å². The van der Waals surface area contributed by atoms with Gasteiger partial charge in [-0.2, -0.15) is 5.26 Å². The number of hydrogen-bond donors (Lipinski definition) is 2. The maximum atomic E-state index is 12.8. The molecule has 1 heterocycles. The minimum Gasteiger partial charge on any atom is -0.506 e. The van der Waals surface area contributed by atoms with E-state index in [1.54, 1.807) is 48.5 Å². The Morgan fingerprint density at radius 2 is 1.92 bits per heavy atom. The van der Waals surface area contributed by atoms with E-state index in [1.165, 1.54) is 10.6 Å². The molecule has 0 bridgehead atoms. The predicted molar refractivity (Wildman–Crippen MR) is 99.2 cm³/mol. The Bertz CT molecular complexity index is 1120. The normalized spacial score (nSPS) is 10.3. The lowest BCUT2D eigenvalue weighted by molar-refractivity contribution is 0.102. The molecule has 1 amide bonds. The van der Waals surface area contributed by atoms with Crippen molar-refractivity contribution < 1.29 is 9.90 Å². The van der Waals surface area contributed by atoms with Crippen LogP contribution in [0.2, 0.25) is 0 Å². The van der Waals surface area contributed by atoms with Gasteiger partial charge in [0.15, 0.2) is 0 Å². The number of carbonyl (C=O) groups excluding carboxylic acids is 1. The van der Waals surface area contributed by atoms with Crippen molar-refractivity contribution in [3.63, 3.8) is 0 Å². The van der Waals surface area contributed by atoms with Crippen LogP contribution in [0.15, 0.2) is 66.0 Å². The van der Waals surface area contributed by atoms with Crippen molar-refractivity contribution in [2.24, 2.45) is 0 Å². The zero-order valence-electron chi connectivity index (χ0n) is 13.8. The third kappa shape index (κ3) is 2.82. The molecule has 0 radical (unpaired) electrons. The molecule has 2 N–H and O–H groups in total. The SMILES string of the molecule is C=CCn1c(=O)c(C(=O)Nc2ccccc2C#N)c(O)c2ccccc21. The molecule has 0 aliphatic carbocycles. The van der Waals surface area contributed by atoms with Crippen LogP contribution >= 0.6 is 0 Å². The largest absolute Gasteiger partial charge is 0.506 e. The third-order valence-electron chi connectivity index (χ3n) is 3.98. The Morgan fingerprint density at radius 3 is 2.65 bits per heavy atom. The highest BCUT2D eigenvalue weighted by molar-refractivity contribution is 6.09. The molecule has 6 heteroatoms. The number of allylic oxidation sites excluding steroid dienone is 1. The van der Waals surface area contributed by atoms with Crippen LogP contribution in [0.1, 0.15) is 15.9 Å². The van der Waals surface area contributed by atoms with E-state index >= 15 is 0 Å². The number of rotatable bonds is 4. The number of benzene rings is 2. The highest BCUT2D eigenvalue weighted by atomic mass is 16.3. The number of amides is 1. The Hall–Kier alpha value is -3.85. The zero-order valence-corrected chi connectivity index (χ0v) is 13.8. The van der Waals surface area contributed by atoms with Crippen LogP contribution in [0.5, 0.6) is 5.75 Å². The van der Waals surface area contributed by atoms with Crippen LogP contribution < -0.4 is 10.9 Å². The van der Waals surface area contributed by atoms with Crippen LogP contribution in [-0.2, 0) is 6.54 Å². The van der Waals surface area contributed by atoms with Crippen molar-refractivity contribution in [1.82, 2.24) is 4.57 Å². The smallest absolute Gasteiger partial charge is 0.268 e. The van der Waals surface area contributed by atoms with Gasteiger partial charge >= 0.3 is 0 Å². The summed E-state index contributed by atoms with van der Waals surface area (Å²) in [7, 11) is 0. The summed E-state index contributed by atoms with van der Waals surface area (Å²) in [5.41, 5.74) is 0.0185. The second-order valence-electron chi connectivity index (χ2n) is 5.56. The first-order chi connectivity index (χ1) is 12.6. The monoisotopic (exact) mass is 345 g/mol. The Labute approximate surface area is 149 Å². The summed E-state index contributed by atoms with van der Waals surface area (Å²) in [6.45, 7) is 3.82. The highest BCUT2D eigenvalue weighted by Gasteiger charge is 2.22. The number of nitrogens with zero attached hydrogens (tertiary/aromatic N) is 2. The average molecular weight is 345 g/mol. The number of nitriles is 1. The standard InChI is InChI=1S/C20H15N3O3/c1-2-11-23-16-10-6-4-8-14(16)18(24)17(20(23)26)19(25)22-15-9-5-3-7-13(15)12-21/h2-10,24H,1,11H2,(H,22,25). The Kier molecular flexibility index (Phi) is 4.54. The van der Waals surface area contributed by atoms with Gasteiger partial charge in [0.2, 0.25) is 0 Å². The first-order valence-electron chi connectivity index (χ1n) is 7.84. The first-order valence-corrected chi connectivity index (χ1v) is 7.84. The first kappa shape index (κ1) is 17.0. The summed E-state index contributed by atoms with van der Waals surface area (Å²) in [6, 6.07) is 15.2. The number of aromatic nitrogens is 1. The van der Waals surface area contributed by atoms with Crippen LogP contribution in [0, 0.1) is 11.3 Å². The van der Waals surface area contributed by atoms with E-state index in [0.29, 0.717) is 10.9 Å². The molecule has 0 saturated carbocycles. The lowest BCUT2D eigenvalue weighted by Gasteiger charge is -2.14. The number of carbonyl (C=O) groups is 1. The molecule has 0 aliphatic heterocycles. The number of hydrogen-bond acceptors (Lipinski definition) is 4. The highest BCUT2D eigenvalue weighted by Crippen LogP contribution is 2.27. The molecular weight excluding hydrogens is 330 g/mol. The van der Waals surface area contributed by atoms with E-state index in [1.807, 2.05) is 6.07 Å². The van der Waals surface area contributed by atoms with E-state index in [4.69, 9.17) is 5.26 Å². The molecule has 26 heavy (non-hydrogen) atoms. The summed E-state index contributed by atoms with van der Waals surface area (Å²) in [4.78, 5) is 25.5. The minimum atomic E-state index is -0.779. The van der Waals surface area contributed by atoms with Crippen molar-refractivity contribution in [2.75, 3.05) is 5.32 Å². The second-order valence-corrected chi connectivity index (χ2v) is 5.56. The molecule has 3 rings (SSSR count). The summed E-state index contributed by atoms with van der Waals surface area (Å²) >= 11 is 0. The molecule has 0 spiro atoms. The van der Waals surface area contributed by atoms with Crippen molar-refractivity contribution >= 4 is 22.5 Å². The minimum absolute atomic E-state index is 0.189. The number of anilines is 1. The molecule has 0 atom stereocenters. The fourth-order valence-corrected chi connectivity index (χ4v) is 2.78. The van der Waals surface area contributed by atoms with E-state index in [2.05, 4.69) is 11.9 Å². The molecule has 0 saturated heterocycles. The second kappa shape index (κ2) is 6.95. The molecule has 0 aliphatic rings. The quantitative estimate of drug-likeness (QED) is 0.711. The van der Waals surface area contributed by atoms with Gasteiger partial charge in [0.1, 0.15) is 17.4 Å². The summed E-state index contributed by atoms with van der Waals surface area (Å²) < 4.78 is 1.37. The van der Waals surface area contributed by atoms with E-state index in [-0.39, 0.29) is 23.4 Å². The van der Waals surface area contributed by atoms with Gasteiger partial charge in [0.05, 0.1) is 16.8 Å². The van der Waals surface area contributed by atoms with Gasteiger partial charge in [-0.3, -0.25) is 9.59 Å². The third-order valence-corrected chi connectivity index (χ3v) is 3.98. The van der Waals surface area contributed by atoms with Crippen LogP contribution in [0.4, 0.5) is 5.69 Å². The molecule has 3 aromatic rings. The lowest BCUT2D eigenvalue weighted by atomic mass is 10.1. The summed E-state index contributed by atoms with van der Waals surface area (Å²) in [5, 5.41) is 22.6. The van der Waals surface area contributed by atoms with Crippen molar-refractivity contribution in [1.29, 1.82) is 5.26 Å². The predicted octanol–water partition coefficient (Wildman–Crippen LogP) is 3.02. The van der Waals surface area contributed by atoms with Crippen LogP contribution in [-0.4, -0.2) is 15.6 Å². The number of fused-ring (bicyclic) bond motifs is 1. The molecule has 6 nitrogen and oxygen atoms in total. The summed E-state index contributed by atoms with van der Waals surface area (Å²) in [5.74, 6) is -1.17. The number of aromatic hydroxyl groups is 1. The van der Waals surface area contributed by atoms with Crippen molar-refractivity contribution in [2.45, 2.75) is 6.54 Å². The lowest BCUT2D eigenvalue weighted by Crippen LogP contribution is -2.29. The molecule has 0 fully saturated rings. The molecular formula is C20H15N3O3. The fraction of sp³-hybridized carbons (Fsp3) is 0.0500. The van der Waals surface area contributed by atoms with Crippen LogP contribution in [0.3, 0.4) is 0 Å². The molecule has 128 valence electrons. The van der Waals surface area contributed by atoms with Gasteiger partial charge in [0, 0.05) is 11.9 Å². The van der Waals surface area contributed by atoms with Crippen molar-refractivity contribution in [3.05, 3.63) is 82.7 Å². The van der Waals surface area contributed by atoms with Gasteiger partial charge in [-0.15, -0.1) is 6.58 Å². The molecule has 1 aromatic heterocycles. The maximum absolute atomic E-state index is 12.8. The average Bonchev–Trinajstić information content (AvgIpc) is 2.65. The maximum Gasteiger partial charge on any atom is 0.268 e. The number of pyridine rings is 1. The van der Waals surface area contributed by atoms with Gasteiger partial charge in [0.25, 0.3) is 11.5 Å². The summed E-state index contributed by atoms with van der Waals surface area (Å²) in [6.07, 6.45) is 1.54. The van der Waals surface area contributed by atoms with E-state index in [0.717, 1.165) is 0 Å². The molecule has 0 unspecified atom stereocenters. The van der Waals surface area contributed by atoms with E-state index < -0.39 is 17.2 Å². The van der Waals surface area contributed by atoms with E-state index in [9.17, 15) is 14.7 Å². The van der Waals surface area contributed by atoms with Crippen molar-refractivity contribution in [3.8, 4) is 11.8 Å². The van der Waals surface area contributed by atoms with Gasteiger partial charge in [-0.25, -0.2) is 0 Å². The number of para-hydroxylation sites is 2. The Balaban J connectivity index is 2.18. The van der Waals surface area contributed by atoms with Gasteiger partial charge in [-0.1, -0.05) is 30.3 Å². The molecule has 2 aromatic carbocycles.